The second kappa shape index (κ2) is 8.36. The Bertz CT molecular complexity index is 1270. The fraction of sp³-hybridized carbons (Fsp3) is 0.0455. The van der Waals surface area contributed by atoms with Crippen LogP contribution in [0.15, 0.2) is 93.2 Å². The highest BCUT2D eigenvalue weighted by molar-refractivity contribution is 6.04. The van der Waals surface area contributed by atoms with Crippen LogP contribution in [0, 0.1) is 0 Å². The number of rotatable bonds is 6. The number of aromatic nitrogens is 2. The van der Waals surface area contributed by atoms with E-state index in [1.807, 2.05) is 18.2 Å². The minimum Gasteiger partial charge on any atom is -0.467 e. The van der Waals surface area contributed by atoms with Crippen LogP contribution in [0.4, 0.5) is 5.69 Å². The van der Waals surface area contributed by atoms with Crippen molar-refractivity contribution in [1.29, 1.82) is 0 Å². The summed E-state index contributed by atoms with van der Waals surface area (Å²) in [7, 11) is 0. The molecule has 0 saturated carbocycles. The molecule has 2 N–H and O–H groups in total. The third kappa shape index (κ3) is 4.07. The molecule has 8 heteroatoms. The molecule has 4 aromatic rings. The van der Waals surface area contributed by atoms with Crippen molar-refractivity contribution in [3.63, 3.8) is 0 Å². The van der Waals surface area contributed by atoms with Gasteiger partial charge in [0.2, 0.25) is 0 Å². The van der Waals surface area contributed by atoms with E-state index in [0.717, 1.165) is 10.8 Å². The van der Waals surface area contributed by atoms with Gasteiger partial charge in [0.25, 0.3) is 11.5 Å². The van der Waals surface area contributed by atoms with Gasteiger partial charge in [0.1, 0.15) is 17.1 Å². The molecule has 0 saturated heterocycles. The number of furan rings is 1. The Hall–Kier alpha value is -4.33. The summed E-state index contributed by atoms with van der Waals surface area (Å²) in [6.45, 7) is -0.0873. The van der Waals surface area contributed by atoms with E-state index in [1.165, 1.54) is 6.26 Å². The number of nitrogens with one attached hydrogen (secondary N) is 2. The molecule has 0 unspecified atom stereocenters. The minimum absolute atomic E-state index is 0.0873. The molecule has 0 fully saturated rings. The number of anilines is 1. The lowest BCUT2D eigenvalue weighted by atomic mass is 10.2. The number of ether oxygens (including phenoxy) is 1. The number of carbonyl (C=O) groups is 1. The van der Waals surface area contributed by atoms with Gasteiger partial charge >= 0.3 is 5.69 Å². The maximum absolute atomic E-state index is 12.8. The Morgan fingerprint density at radius 2 is 1.77 bits per heavy atom. The number of H-pyrrole nitrogens is 1. The number of hydrogen-bond donors (Lipinski definition) is 2. The molecule has 8 nitrogen and oxygen atoms in total. The Kier molecular flexibility index (Phi) is 5.29. The molecule has 0 radical (unpaired) electrons. The smallest absolute Gasteiger partial charge is 0.328 e. The molecule has 2 aromatic heterocycles. The first kappa shape index (κ1) is 19.0. The predicted octanol–water partition coefficient (Wildman–Crippen LogP) is 3.22. The standard InChI is InChI=1S/C22H17N3O5/c26-20(17-13-23-22(28)25(21(17)27)14-16-9-6-12-29-16)24-18-10-4-5-11-19(18)30-15-7-2-1-3-8-15/h1-13H,14H2,(H,23,28)(H,24,26). The maximum atomic E-state index is 12.8. The molecule has 0 aliphatic heterocycles. The lowest BCUT2D eigenvalue weighted by molar-refractivity contribution is 0.102. The van der Waals surface area contributed by atoms with E-state index in [0.29, 0.717) is 22.9 Å². The molecule has 4 rings (SSSR count). The SMILES string of the molecule is O=C(Nc1ccccc1Oc1ccccc1)c1c[nH]c(=O)n(Cc2ccco2)c1=O. The summed E-state index contributed by atoms with van der Waals surface area (Å²) in [5, 5.41) is 2.67. The average molecular weight is 403 g/mol. The molecule has 0 spiro atoms. The van der Waals surface area contributed by atoms with Crippen LogP contribution in [0.3, 0.4) is 0 Å². The van der Waals surface area contributed by atoms with Crippen molar-refractivity contribution in [1.82, 2.24) is 9.55 Å². The lowest BCUT2D eigenvalue weighted by Gasteiger charge is -2.12. The number of nitrogens with zero attached hydrogens (tertiary/aromatic N) is 1. The Morgan fingerprint density at radius 3 is 2.53 bits per heavy atom. The summed E-state index contributed by atoms with van der Waals surface area (Å²) in [6, 6.07) is 19.2. The maximum Gasteiger partial charge on any atom is 0.328 e. The Balaban J connectivity index is 1.61. The van der Waals surface area contributed by atoms with E-state index < -0.39 is 17.2 Å². The first-order valence-corrected chi connectivity index (χ1v) is 9.10. The molecule has 0 atom stereocenters. The van der Waals surface area contributed by atoms with Gasteiger partial charge in [0.15, 0.2) is 5.75 Å². The number of hydrogen-bond acceptors (Lipinski definition) is 5. The number of carbonyl (C=O) groups excluding carboxylic acids is 1. The number of benzene rings is 2. The van der Waals surface area contributed by atoms with Gasteiger partial charge in [-0.05, 0) is 36.4 Å². The Morgan fingerprint density at radius 1 is 1.00 bits per heavy atom. The highest BCUT2D eigenvalue weighted by Crippen LogP contribution is 2.29. The van der Waals surface area contributed by atoms with Gasteiger partial charge in [-0.3, -0.25) is 14.2 Å². The molecule has 30 heavy (non-hydrogen) atoms. The van der Waals surface area contributed by atoms with Gasteiger partial charge in [-0.25, -0.2) is 4.79 Å². The van der Waals surface area contributed by atoms with Crippen molar-refractivity contribution in [2.24, 2.45) is 0 Å². The van der Waals surface area contributed by atoms with Crippen molar-refractivity contribution in [2.45, 2.75) is 6.54 Å². The molecular formula is C22H17N3O5. The van der Waals surface area contributed by atoms with E-state index >= 15 is 0 Å². The first-order chi connectivity index (χ1) is 14.6. The van der Waals surface area contributed by atoms with E-state index in [-0.39, 0.29) is 12.1 Å². The average Bonchev–Trinajstić information content (AvgIpc) is 3.26. The Labute approximate surface area is 170 Å². The van der Waals surface area contributed by atoms with Crippen molar-refractivity contribution >= 4 is 11.6 Å². The summed E-state index contributed by atoms with van der Waals surface area (Å²) < 4.78 is 11.9. The first-order valence-electron chi connectivity index (χ1n) is 9.10. The van der Waals surface area contributed by atoms with Gasteiger partial charge in [0, 0.05) is 6.20 Å². The topological polar surface area (TPSA) is 106 Å². The van der Waals surface area contributed by atoms with Crippen LogP contribution in [0.1, 0.15) is 16.1 Å². The normalized spacial score (nSPS) is 10.5. The highest BCUT2D eigenvalue weighted by Gasteiger charge is 2.17. The van der Waals surface area contributed by atoms with Crippen molar-refractivity contribution in [3.05, 3.63) is 111 Å². The zero-order chi connectivity index (χ0) is 20.9. The molecular weight excluding hydrogens is 386 g/mol. The number of aromatic amines is 1. The fourth-order valence-electron chi connectivity index (χ4n) is 2.84. The van der Waals surface area contributed by atoms with Crippen molar-refractivity contribution < 1.29 is 13.9 Å². The molecule has 150 valence electrons. The van der Waals surface area contributed by atoms with Crippen LogP contribution in [0.2, 0.25) is 0 Å². The van der Waals surface area contributed by atoms with Gasteiger partial charge in [-0.15, -0.1) is 0 Å². The van der Waals surface area contributed by atoms with Crippen molar-refractivity contribution in [3.8, 4) is 11.5 Å². The predicted molar refractivity (Wildman–Crippen MR) is 110 cm³/mol. The quantitative estimate of drug-likeness (QED) is 0.514. The van der Waals surface area contributed by atoms with Gasteiger partial charge in [-0.1, -0.05) is 30.3 Å². The van der Waals surface area contributed by atoms with E-state index in [4.69, 9.17) is 9.15 Å². The number of amides is 1. The molecule has 0 aliphatic carbocycles. The van der Waals surface area contributed by atoms with E-state index in [9.17, 15) is 14.4 Å². The summed E-state index contributed by atoms with van der Waals surface area (Å²) in [6.07, 6.45) is 2.54. The third-order valence-corrected chi connectivity index (χ3v) is 4.31. The van der Waals surface area contributed by atoms with Crippen molar-refractivity contribution in [2.75, 3.05) is 5.32 Å². The monoisotopic (exact) mass is 403 g/mol. The summed E-state index contributed by atoms with van der Waals surface area (Å²) in [5.74, 6) is 0.761. The van der Waals surface area contributed by atoms with Gasteiger partial charge < -0.3 is 19.5 Å². The molecule has 2 heterocycles. The minimum atomic E-state index is -0.728. The molecule has 0 aliphatic rings. The van der Waals surface area contributed by atoms with Crippen LogP contribution in [-0.2, 0) is 6.54 Å². The summed E-state index contributed by atoms with van der Waals surface area (Å²) in [4.78, 5) is 40.0. The van der Waals surface area contributed by atoms with Crippen LogP contribution in [0.5, 0.6) is 11.5 Å². The third-order valence-electron chi connectivity index (χ3n) is 4.31. The summed E-state index contributed by atoms with van der Waals surface area (Å²) >= 11 is 0. The van der Waals surface area contributed by atoms with Crippen LogP contribution in [-0.4, -0.2) is 15.5 Å². The second-order valence-electron chi connectivity index (χ2n) is 6.34. The van der Waals surface area contributed by atoms with Crippen LogP contribution >= 0.6 is 0 Å². The lowest BCUT2D eigenvalue weighted by Crippen LogP contribution is -2.39. The van der Waals surface area contributed by atoms with Crippen LogP contribution in [0.25, 0.3) is 0 Å². The van der Waals surface area contributed by atoms with E-state index in [1.54, 1.807) is 48.5 Å². The summed E-state index contributed by atoms with van der Waals surface area (Å²) in [5.41, 5.74) is -1.19. The zero-order valence-electron chi connectivity index (χ0n) is 15.7. The van der Waals surface area contributed by atoms with Gasteiger partial charge in [-0.2, -0.15) is 0 Å². The largest absolute Gasteiger partial charge is 0.467 e. The zero-order valence-corrected chi connectivity index (χ0v) is 15.7. The molecule has 1 amide bonds. The number of para-hydroxylation sites is 3. The van der Waals surface area contributed by atoms with E-state index in [2.05, 4.69) is 10.3 Å². The molecule has 0 bridgehead atoms. The van der Waals surface area contributed by atoms with Gasteiger partial charge in [0.05, 0.1) is 18.5 Å². The second-order valence-corrected chi connectivity index (χ2v) is 6.34. The van der Waals surface area contributed by atoms with Crippen LogP contribution < -0.4 is 21.3 Å². The highest BCUT2D eigenvalue weighted by atomic mass is 16.5. The molecule has 2 aromatic carbocycles. The fourth-order valence-corrected chi connectivity index (χ4v) is 2.84.